The maximum absolute atomic E-state index is 13.3. The van der Waals surface area contributed by atoms with Crippen LogP contribution in [-0.4, -0.2) is 60.6 Å². The fraction of sp³-hybridized carbons (Fsp3) is 0.364. The molecular weight excluding hydrogens is 370 g/mol. The van der Waals surface area contributed by atoms with Gasteiger partial charge in [-0.2, -0.15) is 0 Å². The summed E-state index contributed by atoms with van der Waals surface area (Å²) in [5.41, 5.74) is 1.08. The standard InChI is InChI=1S/C22H29N3O2S/c1-18(26)23-21(17-28-20-12-8-5-9-13-20)22(27)25(15-14-24(2)3)16-19-10-6-4-7-11-19/h4-13,21H,14-17H2,1-3H3,(H,23,26). The predicted octanol–water partition coefficient (Wildman–Crippen LogP) is 2.87. The molecule has 0 heterocycles. The van der Waals surface area contributed by atoms with E-state index in [1.807, 2.05) is 79.7 Å². The first-order chi connectivity index (χ1) is 13.5. The van der Waals surface area contributed by atoms with Crippen LogP contribution >= 0.6 is 11.8 Å². The van der Waals surface area contributed by atoms with Gasteiger partial charge in [0.15, 0.2) is 0 Å². The summed E-state index contributed by atoms with van der Waals surface area (Å²) in [6, 6.07) is 19.3. The topological polar surface area (TPSA) is 52.7 Å². The molecule has 0 fully saturated rings. The highest BCUT2D eigenvalue weighted by atomic mass is 32.2. The Hall–Kier alpha value is -2.31. The molecule has 0 radical (unpaired) electrons. The molecule has 5 nitrogen and oxygen atoms in total. The number of hydrogen-bond donors (Lipinski definition) is 1. The second kappa shape index (κ2) is 11.5. The van der Waals surface area contributed by atoms with Crippen molar-refractivity contribution in [2.24, 2.45) is 0 Å². The Morgan fingerprint density at radius 1 is 0.964 bits per heavy atom. The van der Waals surface area contributed by atoms with Crippen LogP contribution < -0.4 is 5.32 Å². The molecule has 1 atom stereocenters. The second-order valence-corrected chi connectivity index (χ2v) is 8.02. The van der Waals surface area contributed by atoms with E-state index < -0.39 is 6.04 Å². The monoisotopic (exact) mass is 399 g/mol. The van der Waals surface area contributed by atoms with E-state index in [1.165, 1.54) is 6.92 Å². The number of likely N-dealkylation sites (N-methyl/N-ethyl adjacent to an activating group) is 1. The third-order valence-electron chi connectivity index (χ3n) is 4.18. The Morgan fingerprint density at radius 3 is 2.14 bits per heavy atom. The van der Waals surface area contributed by atoms with Crippen LogP contribution in [0, 0.1) is 0 Å². The van der Waals surface area contributed by atoms with Gasteiger partial charge in [0.05, 0.1) is 0 Å². The van der Waals surface area contributed by atoms with E-state index in [9.17, 15) is 9.59 Å². The first kappa shape index (κ1) is 22.0. The van der Waals surface area contributed by atoms with Crippen molar-refractivity contribution in [2.45, 2.75) is 24.4 Å². The molecule has 0 aliphatic rings. The third kappa shape index (κ3) is 7.74. The van der Waals surface area contributed by atoms with Gasteiger partial charge in [0, 0.05) is 37.2 Å². The summed E-state index contributed by atoms with van der Waals surface area (Å²) >= 11 is 1.57. The van der Waals surface area contributed by atoms with Crippen molar-refractivity contribution in [1.82, 2.24) is 15.1 Å². The summed E-state index contributed by atoms with van der Waals surface area (Å²) in [6.07, 6.45) is 0. The van der Waals surface area contributed by atoms with Gasteiger partial charge in [-0.15, -0.1) is 11.8 Å². The Labute approximate surface area is 172 Å². The molecule has 2 aromatic carbocycles. The van der Waals surface area contributed by atoms with Gasteiger partial charge in [0.1, 0.15) is 6.04 Å². The average molecular weight is 400 g/mol. The maximum Gasteiger partial charge on any atom is 0.246 e. The van der Waals surface area contributed by atoms with Crippen molar-refractivity contribution in [1.29, 1.82) is 0 Å². The first-order valence-corrected chi connectivity index (χ1v) is 10.4. The lowest BCUT2D eigenvalue weighted by molar-refractivity contribution is -0.136. The molecule has 0 spiro atoms. The van der Waals surface area contributed by atoms with Gasteiger partial charge in [0.2, 0.25) is 11.8 Å². The molecular formula is C22H29N3O2S. The molecule has 6 heteroatoms. The lowest BCUT2D eigenvalue weighted by Gasteiger charge is -2.29. The Kier molecular flexibility index (Phi) is 9.04. The van der Waals surface area contributed by atoms with Crippen LogP contribution in [0.4, 0.5) is 0 Å². The fourth-order valence-electron chi connectivity index (χ4n) is 2.73. The summed E-state index contributed by atoms with van der Waals surface area (Å²) in [4.78, 5) is 30.0. The number of carbonyl (C=O) groups excluding carboxylic acids is 2. The van der Waals surface area contributed by atoms with Crippen LogP contribution in [0.2, 0.25) is 0 Å². The number of nitrogens with zero attached hydrogens (tertiary/aromatic N) is 2. The third-order valence-corrected chi connectivity index (χ3v) is 5.29. The summed E-state index contributed by atoms with van der Waals surface area (Å²) in [5.74, 6) is 0.249. The number of hydrogen-bond acceptors (Lipinski definition) is 4. The average Bonchev–Trinajstić information content (AvgIpc) is 2.69. The molecule has 0 aromatic heterocycles. The van der Waals surface area contributed by atoms with E-state index in [-0.39, 0.29) is 11.8 Å². The molecule has 2 amide bonds. The lowest BCUT2D eigenvalue weighted by atomic mass is 10.2. The highest BCUT2D eigenvalue weighted by Crippen LogP contribution is 2.19. The fourth-order valence-corrected chi connectivity index (χ4v) is 3.66. The first-order valence-electron chi connectivity index (χ1n) is 9.38. The van der Waals surface area contributed by atoms with E-state index in [0.717, 1.165) is 17.0 Å². The van der Waals surface area contributed by atoms with Gasteiger partial charge in [0.25, 0.3) is 0 Å². The molecule has 0 aliphatic heterocycles. The SMILES string of the molecule is CC(=O)NC(CSc1ccccc1)C(=O)N(CCN(C)C)Cc1ccccc1. The van der Waals surface area contributed by atoms with Crippen molar-refractivity contribution < 1.29 is 9.59 Å². The maximum atomic E-state index is 13.3. The molecule has 0 bridgehead atoms. The number of benzene rings is 2. The zero-order chi connectivity index (χ0) is 20.4. The molecule has 1 N–H and O–H groups in total. The molecule has 2 aromatic rings. The summed E-state index contributed by atoms with van der Waals surface area (Å²) in [6.45, 7) is 3.35. The van der Waals surface area contributed by atoms with Crippen LogP contribution in [0.1, 0.15) is 12.5 Å². The Bertz CT molecular complexity index is 738. The molecule has 1 unspecified atom stereocenters. The number of nitrogens with one attached hydrogen (secondary N) is 1. The molecule has 2 rings (SSSR count). The molecule has 0 saturated heterocycles. The van der Waals surface area contributed by atoms with Gasteiger partial charge in [-0.25, -0.2) is 0 Å². The minimum Gasteiger partial charge on any atom is -0.344 e. The smallest absolute Gasteiger partial charge is 0.246 e. The van der Waals surface area contributed by atoms with Gasteiger partial charge < -0.3 is 15.1 Å². The van der Waals surface area contributed by atoms with Gasteiger partial charge in [-0.05, 0) is 31.8 Å². The number of amides is 2. The van der Waals surface area contributed by atoms with Crippen molar-refractivity contribution in [3.8, 4) is 0 Å². The van der Waals surface area contributed by atoms with Crippen LogP contribution in [-0.2, 0) is 16.1 Å². The van der Waals surface area contributed by atoms with Crippen molar-refractivity contribution in [2.75, 3.05) is 32.9 Å². The minimum atomic E-state index is -0.561. The summed E-state index contributed by atoms with van der Waals surface area (Å²) in [5, 5.41) is 2.84. The number of rotatable bonds is 10. The molecule has 0 saturated carbocycles. The summed E-state index contributed by atoms with van der Waals surface area (Å²) < 4.78 is 0. The van der Waals surface area contributed by atoms with E-state index in [2.05, 4.69) is 10.2 Å². The van der Waals surface area contributed by atoms with E-state index in [1.54, 1.807) is 11.8 Å². The molecule has 0 aliphatic carbocycles. The lowest BCUT2D eigenvalue weighted by Crippen LogP contribution is -2.50. The zero-order valence-corrected chi connectivity index (χ0v) is 17.6. The van der Waals surface area contributed by atoms with Crippen molar-refractivity contribution in [3.05, 3.63) is 66.2 Å². The van der Waals surface area contributed by atoms with E-state index >= 15 is 0 Å². The van der Waals surface area contributed by atoms with Crippen LogP contribution in [0.5, 0.6) is 0 Å². The highest BCUT2D eigenvalue weighted by molar-refractivity contribution is 7.99. The molecule has 150 valence electrons. The zero-order valence-electron chi connectivity index (χ0n) is 16.8. The van der Waals surface area contributed by atoms with Crippen molar-refractivity contribution >= 4 is 23.6 Å². The van der Waals surface area contributed by atoms with Crippen LogP contribution in [0.3, 0.4) is 0 Å². The normalized spacial score (nSPS) is 11.9. The largest absolute Gasteiger partial charge is 0.344 e. The quantitative estimate of drug-likeness (QED) is 0.624. The second-order valence-electron chi connectivity index (χ2n) is 6.93. The van der Waals surface area contributed by atoms with Crippen LogP contribution in [0.15, 0.2) is 65.6 Å². The highest BCUT2D eigenvalue weighted by Gasteiger charge is 2.25. The number of carbonyl (C=O) groups is 2. The Balaban J connectivity index is 2.12. The Morgan fingerprint density at radius 2 is 1.57 bits per heavy atom. The summed E-state index contributed by atoms with van der Waals surface area (Å²) in [7, 11) is 3.98. The van der Waals surface area contributed by atoms with Gasteiger partial charge in [-0.3, -0.25) is 9.59 Å². The van der Waals surface area contributed by atoms with E-state index in [0.29, 0.717) is 18.8 Å². The van der Waals surface area contributed by atoms with Crippen LogP contribution in [0.25, 0.3) is 0 Å². The van der Waals surface area contributed by atoms with Gasteiger partial charge >= 0.3 is 0 Å². The minimum absolute atomic E-state index is 0.0515. The predicted molar refractivity (Wildman–Crippen MR) is 115 cm³/mol. The molecule has 28 heavy (non-hydrogen) atoms. The van der Waals surface area contributed by atoms with Gasteiger partial charge in [-0.1, -0.05) is 48.5 Å². The van der Waals surface area contributed by atoms with Crippen molar-refractivity contribution in [3.63, 3.8) is 0 Å². The number of thioether (sulfide) groups is 1. The van der Waals surface area contributed by atoms with E-state index in [4.69, 9.17) is 0 Å².